The Balaban J connectivity index is 1.68. The Morgan fingerprint density at radius 2 is 2.03 bits per heavy atom. The van der Waals surface area contributed by atoms with E-state index in [0.29, 0.717) is 17.3 Å². The Morgan fingerprint density at radius 1 is 1.17 bits per heavy atom. The summed E-state index contributed by atoms with van der Waals surface area (Å²) in [4.78, 5) is 21.3. The number of nitrogens with one attached hydrogen (secondary N) is 2. The van der Waals surface area contributed by atoms with Crippen molar-refractivity contribution >= 4 is 51.3 Å². The topological polar surface area (TPSA) is 71.3 Å². The molecule has 0 atom stereocenters. The number of unbranched alkanes of at least 4 members (excludes halogenated alkanes) is 2. The Bertz CT molecular complexity index is 1200. The van der Waals surface area contributed by atoms with Gasteiger partial charge in [-0.2, -0.15) is 0 Å². The van der Waals surface area contributed by atoms with Crippen LogP contribution in [-0.2, 0) is 4.79 Å². The predicted molar refractivity (Wildman–Crippen MR) is 123 cm³/mol. The van der Waals surface area contributed by atoms with Gasteiger partial charge in [0.05, 0.1) is 34.3 Å². The summed E-state index contributed by atoms with van der Waals surface area (Å²) in [5.41, 5.74) is 5.09. The first-order valence-corrected chi connectivity index (χ1v) is 10.5. The van der Waals surface area contributed by atoms with Crippen LogP contribution in [0.3, 0.4) is 0 Å². The summed E-state index contributed by atoms with van der Waals surface area (Å²) < 4.78 is 1.96. The molecular formula is C23H24ClN5O. The Hall–Kier alpha value is -3.12. The van der Waals surface area contributed by atoms with Crippen molar-refractivity contribution in [3.63, 3.8) is 0 Å². The highest BCUT2D eigenvalue weighted by molar-refractivity contribution is 6.33. The van der Waals surface area contributed by atoms with E-state index in [1.54, 1.807) is 12.5 Å². The van der Waals surface area contributed by atoms with Crippen molar-refractivity contribution in [2.24, 2.45) is 0 Å². The maximum Gasteiger partial charge on any atom is 0.224 e. The van der Waals surface area contributed by atoms with Gasteiger partial charge in [-0.15, -0.1) is 0 Å². The fourth-order valence-electron chi connectivity index (χ4n) is 3.49. The highest BCUT2D eigenvalue weighted by atomic mass is 35.5. The molecule has 2 N–H and O–H groups in total. The van der Waals surface area contributed by atoms with E-state index in [-0.39, 0.29) is 5.91 Å². The van der Waals surface area contributed by atoms with Gasteiger partial charge >= 0.3 is 0 Å². The molecule has 0 bridgehead atoms. The van der Waals surface area contributed by atoms with Gasteiger partial charge in [0.25, 0.3) is 0 Å². The van der Waals surface area contributed by atoms with Crippen molar-refractivity contribution in [3.8, 4) is 0 Å². The highest BCUT2D eigenvalue weighted by Gasteiger charge is 2.13. The van der Waals surface area contributed by atoms with Gasteiger partial charge in [0.1, 0.15) is 5.52 Å². The second kappa shape index (κ2) is 8.71. The summed E-state index contributed by atoms with van der Waals surface area (Å²) >= 11 is 6.38. The molecule has 0 aliphatic carbocycles. The summed E-state index contributed by atoms with van der Waals surface area (Å²) in [5.74, 6) is 0.706. The van der Waals surface area contributed by atoms with Crippen LogP contribution in [0.2, 0.25) is 5.02 Å². The summed E-state index contributed by atoms with van der Waals surface area (Å²) in [5, 5.41) is 6.98. The van der Waals surface area contributed by atoms with Crippen molar-refractivity contribution in [2.75, 3.05) is 10.6 Å². The molecule has 1 amide bonds. The SMILES string of the molecule is CCCCCC(=O)Nc1ccc2nc(Nc3c(C)cccc3Cl)c3cncn3c2c1. The molecule has 4 aromatic rings. The van der Waals surface area contributed by atoms with Crippen LogP contribution in [0.25, 0.3) is 16.6 Å². The van der Waals surface area contributed by atoms with E-state index in [9.17, 15) is 4.79 Å². The quantitative estimate of drug-likeness (QED) is 0.353. The van der Waals surface area contributed by atoms with E-state index >= 15 is 0 Å². The number of anilines is 3. The van der Waals surface area contributed by atoms with Crippen LogP contribution in [0.1, 0.15) is 38.2 Å². The van der Waals surface area contributed by atoms with E-state index in [2.05, 4.69) is 22.5 Å². The molecule has 0 unspecified atom stereocenters. The van der Waals surface area contributed by atoms with Crippen LogP contribution in [0.5, 0.6) is 0 Å². The Kier molecular flexibility index (Phi) is 5.86. The van der Waals surface area contributed by atoms with Gasteiger partial charge in [0, 0.05) is 12.1 Å². The van der Waals surface area contributed by atoms with Crippen molar-refractivity contribution in [1.29, 1.82) is 0 Å². The maximum absolute atomic E-state index is 12.2. The number of hydrogen-bond acceptors (Lipinski definition) is 4. The summed E-state index contributed by atoms with van der Waals surface area (Å²) in [7, 11) is 0. The van der Waals surface area contributed by atoms with Crippen molar-refractivity contribution in [2.45, 2.75) is 39.5 Å². The molecule has 0 aliphatic heterocycles. The van der Waals surface area contributed by atoms with E-state index in [1.807, 2.05) is 47.7 Å². The lowest BCUT2D eigenvalue weighted by Crippen LogP contribution is -2.11. The molecule has 0 saturated carbocycles. The predicted octanol–water partition coefficient (Wildman–Crippen LogP) is 6.11. The third kappa shape index (κ3) is 4.09. The van der Waals surface area contributed by atoms with E-state index in [1.165, 1.54) is 0 Å². The number of carbonyl (C=O) groups excluding carboxylic acids is 1. The first-order chi connectivity index (χ1) is 14.6. The molecule has 2 heterocycles. The maximum atomic E-state index is 12.2. The van der Waals surface area contributed by atoms with Crippen molar-refractivity contribution in [3.05, 3.63) is 59.5 Å². The number of rotatable bonds is 7. The van der Waals surface area contributed by atoms with Crippen molar-refractivity contribution in [1.82, 2.24) is 14.4 Å². The minimum atomic E-state index is 0.0325. The van der Waals surface area contributed by atoms with Crippen LogP contribution in [0.15, 0.2) is 48.9 Å². The number of benzene rings is 2. The summed E-state index contributed by atoms with van der Waals surface area (Å²) in [6.07, 6.45) is 7.10. The minimum absolute atomic E-state index is 0.0325. The minimum Gasteiger partial charge on any atom is -0.337 e. The number of para-hydroxylation sites is 1. The lowest BCUT2D eigenvalue weighted by atomic mass is 10.2. The number of fused-ring (bicyclic) bond motifs is 3. The molecule has 6 nitrogen and oxygen atoms in total. The van der Waals surface area contributed by atoms with Crippen molar-refractivity contribution < 1.29 is 4.79 Å². The summed E-state index contributed by atoms with van der Waals surface area (Å²) in [6, 6.07) is 11.5. The third-order valence-electron chi connectivity index (χ3n) is 5.10. The van der Waals surface area contributed by atoms with Crippen LogP contribution >= 0.6 is 11.6 Å². The van der Waals surface area contributed by atoms with E-state index in [0.717, 1.165) is 52.8 Å². The standard InChI is InChI=1S/C23H24ClN5O/c1-3-4-5-9-21(30)26-16-10-11-18-19(12-16)29-14-25-13-20(29)23(27-18)28-22-15(2)7-6-8-17(22)24/h6-8,10-14H,3-5,9H2,1-2H3,(H,26,30)(H,27,28). The third-order valence-corrected chi connectivity index (χ3v) is 5.42. The average Bonchev–Trinajstić information content (AvgIpc) is 3.22. The molecule has 4 rings (SSSR count). The molecule has 0 aliphatic rings. The van der Waals surface area contributed by atoms with Crippen LogP contribution < -0.4 is 10.6 Å². The zero-order chi connectivity index (χ0) is 21.1. The summed E-state index contributed by atoms with van der Waals surface area (Å²) in [6.45, 7) is 4.12. The molecule has 0 saturated heterocycles. The van der Waals surface area contributed by atoms with E-state index in [4.69, 9.17) is 16.6 Å². The van der Waals surface area contributed by atoms with Crippen LogP contribution in [0, 0.1) is 6.92 Å². The highest BCUT2D eigenvalue weighted by Crippen LogP contribution is 2.31. The molecule has 0 fully saturated rings. The van der Waals surface area contributed by atoms with Gasteiger partial charge in [-0.1, -0.05) is 43.5 Å². The van der Waals surface area contributed by atoms with Crippen LogP contribution in [-0.4, -0.2) is 20.3 Å². The molecule has 2 aromatic carbocycles. The number of hydrogen-bond donors (Lipinski definition) is 2. The van der Waals surface area contributed by atoms with Gasteiger partial charge in [-0.25, -0.2) is 9.97 Å². The number of imidazole rings is 1. The zero-order valence-corrected chi connectivity index (χ0v) is 17.8. The zero-order valence-electron chi connectivity index (χ0n) is 17.1. The second-order valence-electron chi connectivity index (χ2n) is 7.37. The molecule has 0 radical (unpaired) electrons. The molecule has 154 valence electrons. The smallest absolute Gasteiger partial charge is 0.224 e. The van der Waals surface area contributed by atoms with Gasteiger partial charge in [-0.05, 0) is 43.2 Å². The van der Waals surface area contributed by atoms with Gasteiger partial charge in [0.15, 0.2) is 5.82 Å². The average molecular weight is 422 g/mol. The van der Waals surface area contributed by atoms with Gasteiger partial charge < -0.3 is 10.6 Å². The lowest BCUT2D eigenvalue weighted by molar-refractivity contribution is -0.116. The molecule has 0 spiro atoms. The number of amides is 1. The normalized spacial score (nSPS) is 11.2. The molecule has 30 heavy (non-hydrogen) atoms. The first-order valence-electron chi connectivity index (χ1n) is 10.1. The number of aromatic nitrogens is 3. The van der Waals surface area contributed by atoms with Gasteiger partial charge in [-0.3, -0.25) is 9.20 Å². The Labute approximate surface area is 180 Å². The lowest BCUT2D eigenvalue weighted by Gasteiger charge is -2.14. The second-order valence-corrected chi connectivity index (χ2v) is 7.78. The number of aryl methyl sites for hydroxylation is 1. The molecule has 7 heteroatoms. The van der Waals surface area contributed by atoms with Crippen LogP contribution in [0.4, 0.5) is 17.2 Å². The first kappa shape index (κ1) is 20.2. The monoisotopic (exact) mass is 421 g/mol. The fourth-order valence-corrected chi connectivity index (χ4v) is 3.76. The molecular weight excluding hydrogens is 398 g/mol. The fraction of sp³-hybridized carbons (Fsp3) is 0.261. The largest absolute Gasteiger partial charge is 0.337 e. The molecule has 2 aromatic heterocycles. The van der Waals surface area contributed by atoms with E-state index < -0.39 is 0 Å². The number of nitrogens with zero attached hydrogens (tertiary/aromatic N) is 3. The van der Waals surface area contributed by atoms with Gasteiger partial charge in [0.2, 0.25) is 5.91 Å². The Morgan fingerprint density at radius 3 is 2.83 bits per heavy atom. The number of halogens is 1. The number of carbonyl (C=O) groups is 1.